The van der Waals surface area contributed by atoms with Crippen LogP contribution in [0.4, 0.5) is 0 Å². The molecule has 0 saturated carbocycles. The van der Waals surface area contributed by atoms with Crippen LogP contribution in [-0.4, -0.2) is 13.9 Å². The van der Waals surface area contributed by atoms with E-state index in [0.717, 1.165) is 19.3 Å². The van der Waals surface area contributed by atoms with E-state index >= 15 is 0 Å². The minimum absolute atomic E-state index is 0.269. The molecule has 2 aromatic rings. The molecule has 0 fully saturated rings. The smallest absolute Gasteiger partial charge is 0.246 e. The lowest BCUT2D eigenvalue weighted by Crippen LogP contribution is -2.27. The number of hydrogen-bond acceptors (Lipinski definition) is 2. The molecule has 0 radical (unpaired) electrons. The van der Waals surface area contributed by atoms with Crippen LogP contribution in [0, 0.1) is 0 Å². The quantitative estimate of drug-likeness (QED) is 0.797. The maximum atomic E-state index is 12.3. The molecular weight excluding hydrogens is 266 g/mol. The molecule has 0 aliphatic carbocycles. The van der Waals surface area contributed by atoms with Crippen molar-refractivity contribution >= 4 is 11.6 Å². The highest BCUT2D eigenvalue weighted by molar-refractivity contribution is 6.30. The van der Waals surface area contributed by atoms with Gasteiger partial charge in [-0.3, -0.25) is 0 Å². The third-order valence-corrected chi connectivity index (χ3v) is 3.69. The highest BCUT2D eigenvalue weighted by Gasteiger charge is 2.18. The molecule has 0 unspecified atom stereocenters. The Hall–Kier alpha value is -1.75. The van der Waals surface area contributed by atoms with E-state index in [1.54, 1.807) is 33.6 Å². The van der Waals surface area contributed by atoms with Gasteiger partial charge in [-0.15, -0.1) is 0 Å². The van der Waals surface area contributed by atoms with E-state index in [1.165, 1.54) is 4.57 Å². The van der Waals surface area contributed by atoms with Gasteiger partial charge in [0.1, 0.15) is 0 Å². The molecule has 5 nitrogen and oxygen atoms in total. The number of benzene rings is 1. The molecule has 2 heterocycles. The Bertz CT molecular complexity index is 671. The summed E-state index contributed by atoms with van der Waals surface area (Å²) in [6.45, 7) is 1.21. The van der Waals surface area contributed by atoms with Crippen molar-refractivity contribution in [2.45, 2.75) is 32.4 Å². The number of halogens is 1. The van der Waals surface area contributed by atoms with E-state index in [1.807, 2.05) is 0 Å². The van der Waals surface area contributed by atoms with Gasteiger partial charge in [-0.1, -0.05) is 11.6 Å². The van der Waals surface area contributed by atoms with Gasteiger partial charge in [-0.25, -0.2) is 23.5 Å². The molecular formula is C13H14ClN3O2. The Balaban J connectivity index is 2.20. The zero-order valence-corrected chi connectivity index (χ0v) is 11.1. The zero-order chi connectivity index (χ0) is 13.4. The lowest BCUT2D eigenvalue weighted by Gasteiger charge is -2.01. The summed E-state index contributed by atoms with van der Waals surface area (Å²) >= 11 is 5.83. The second-order valence-corrected chi connectivity index (χ2v) is 5.12. The number of fused-ring (bicyclic) bond motifs is 1. The molecule has 1 aromatic heterocycles. The van der Waals surface area contributed by atoms with Crippen LogP contribution in [0.1, 0.15) is 19.3 Å². The zero-order valence-electron chi connectivity index (χ0n) is 10.4. The largest absolute Gasteiger partial charge is 0.351 e. The number of rotatable bonds is 1. The molecule has 0 atom stereocenters. The number of aromatic nitrogens is 3. The maximum absolute atomic E-state index is 12.3. The van der Waals surface area contributed by atoms with Gasteiger partial charge in [0, 0.05) is 18.1 Å². The predicted molar refractivity (Wildman–Crippen MR) is 73.2 cm³/mol. The first kappa shape index (κ1) is 12.3. The molecule has 19 heavy (non-hydrogen) atoms. The minimum atomic E-state index is -0.269. The Morgan fingerprint density at radius 1 is 0.842 bits per heavy atom. The van der Waals surface area contributed by atoms with Crippen molar-refractivity contribution in [1.29, 1.82) is 0 Å². The van der Waals surface area contributed by atoms with E-state index in [4.69, 9.17) is 11.6 Å². The topological polar surface area (TPSA) is 48.9 Å². The average Bonchev–Trinajstić information content (AvgIpc) is 2.61. The van der Waals surface area contributed by atoms with Crippen LogP contribution in [0.25, 0.3) is 5.69 Å². The van der Waals surface area contributed by atoms with Gasteiger partial charge in [0.2, 0.25) is 0 Å². The average molecular weight is 280 g/mol. The SMILES string of the molecule is O=c1n(-c2ccc(Cl)cc2)c(=O)n2n1CCCCC2. The van der Waals surface area contributed by atoms with Gasteiger partial charge in [-0.2, -0.15) is 0 Å². The molecule has 0 spiro atoms. The standard InChI is InChI=1S/C13H14ClN3O2/c14-10-4-6-11(7-5-10)17-12(18)15-8-2-1-3-9-16(15)13(17)19/h4-7H,1-3,8-9H2. The fourth-order valence-electron chi connectivity index (χ4n) is 2.46. The fraction of sp³-hybridized carbons (Fsp3) is 0.385. The number of hydrogen-bond donors (Lipinski definition) is 0. The van der Waals surface area contributed by atoms with Crippen molar-refractivity contribution in [3.05, 3.63) is 50.3 Å². The Kier molecular flexibility index (Phi) is 3.06. The van der Waals surface area contributed by atoms with Crippen LogP contribution in [0.3, 0.4) is 0 Å². The summed E-state index contributed by atoms with van der Waals surface area (Å²) in [7, 11) is 0. The predicted octanol–water partition coefficient (Wildman–Crippen LogP) is 1.64. The van der Waals surface area contributed by atoms with Gasteiger partial charge < -0.3 is 0 Å². The van der Waals surface area contributed by atoms with Crippen molar-refractivity contribution in [3.63, 3.8) is 0 Å². The summed E-state index contributed by atoms with van der Waals surface area (Å²) < 4.78 is 4.30. The van der Waals surface area contributed by atoms with Gasteiger partial charge in [0.05, 0.1) is 5.69 Å². The van der Waals surface area contributed by atoms with Crippen LogP contribution in [0.5, 0.6) is 0 Å². The van der Waals surface area contributed by atoms with Crippen molar-refractivity contribution in [1.82, 2.24) is 13.9 Å². The first-order valence-electron chi connectivity index (χ1n) is 6.37. The molecule has 100 valence electrons. The van der Waals surface area contributed by atoms with Gasteiger partial charge >= 0.3 is 11.4 Å². The molecule has 0 bridgehead atoms. The van der Waals surface area contributed by atoms with E-state index in [2.05, 4.69) is 0 Å². The summed E-state index contributed by atoms with van der Waals surface area (Å²) in [4.78, 5) is 24.7. The monoisotopic (exact) mass is 279 g/mol. The molecule has 6 heteroatoms. The Labute approximate surface area is 114 Å². The van der Waals surface area contributed by atoms with Crippen LogP contribution in [0.15, 0.2) is 33.9 Å². The van der Waals surface area contributed by atoms with Crippen LogP contribution in [0.2, 0.25) is 5.02 Å². The molecule has 0 N–H and O–H groups in total. The van der Waals surface area contributed by atoms with Crippen molar-refractivity contribution in [2.24, 2.45) is 0 Å². The molecule has 1 aliphatic heterocycles. The lowest BCUT2D eigenvalue weighted by atomic mass is 10.2. The first-order valence-corrected chi connectivity index (χ1v) is 6.75. The first-order chi connectivity index (χ1) is 9.18. The summed E-state index contributed by atoms with van der Waals surface area (Å²) in [5.74, 6) is 0. The Morgan fingerprint density at radius 2 is 1.37 bits per heavy atom. The second-order valence-electron chi connectivity index (χ2n) is 4.68. The summed E-state index contributed by atoms with van der Waals surface area (Å²) in [6.07, 6.45) is 2.92. The second kappa shape index (κ2) is 4.74. The Morgan fingerprint density at radius 3 is 1.89 bits per heavy atom. The van der Waals surface area contributed by atoms with Gasteiger partial charge in [0.15, 0.2) is 0 Å². The molecule has 1 aromatic carbocycles. The molecule has 0 saturated heterocycles. The van der Waals surface area contributed by atoms with E-state index in [-0.39, 0.29) is 11.4 Å². The molecule has 3 rings (SSSR count). The minimum Gasteiger partial charge on any atom is -0.246 e. The highest BCUT2D eigenvalue weighted by Crippen LogP contribution is 2.11. The van der Waals surface area contributed by atoms with Crippen molar-refractivity contribution in [3.8, 4) is 5.69 Å². The number of nitrogens with zero attached hydrogens (tertiary/aromatic N) is 3. The lowest BCUT2D eigenvalue weighted by molar-refractivity contribution is 0.466. The van der Waals surface area contributed by atoms with Gasteiger partial charge in [0.25, 0.3) is 0 Å². The molecule has 0 amide bonds. The third-order valence-electron chi connectivity index (χ3n) is 3.44. The van der Waals surface area contributed by atoms with Crippen LogP contribution in [-0.2, 0) is 13.1 Å². The van der Waals surface area contributed by atoms with E-state index in [9.17, 15) is 9.59 Å². The molecule has 1 aliphatic rings. The van der Waals surface area contributed by atoms with E-state index < -0.39 is 0 Å². The van der Waals surface area contributed by atoms with E-state index in [0.29, 0.717) is 23.8 Å². The van der Waals surface area contributed by atoms with Crippen LogP contribution < -0.4 is 11.4 Å². The summed E-state index contributed by atoms with van der Waals surface area (Å²) in [5.41, 5.74) is 0.0240. The normalized spacial score (nSPS) is 15.0. The highest BCUT2D eigenvalue weighted by atomic mass is 35.5. The summed E-state index contributed by atoms with van der Waals surface area (Å²) in [6, 6.07) is 6.73. The van der Waals surface area contributed by atoms with Crippen LogP contribution >= 0.6 is 11.6 Å². The van der Waals surface area contributed by atoms with Crippen molar-refractivity contribution in [2.75, 3.05) is 0 Å². The third kappa shape index (κ3) is 2.04. The summed E-state index contributed by atoms with van der Waals surface area (Å²) in [5, 5.41) is 0.581. The van der Waals surface area contributed by atoms with Crippen molar-refractivity contribution < 1.29 is 0 Å². The maximum Gasteiger partial charge on any atom is 0.351 e. The van der Waals surface area contributed by atoms with Gasteiger partial charge in [-0.05, 0) is 43.5 Å². The fourth-order valence-corrected chi connectivity index (χ4v) is 2.59.